The molecule has 7 nitrogen and oxygen atoms in total. The highest BCUT2D eigenvalue weighted by atomic mass is 35.5. The van der Waals surface area contributed by atoms with Gasteiger partial charge in [0.2, 0.25) is 0 Å². The van der Waals surface area contributed by atoms with E-state index in [0.717, 1.165) is 16.8 Å². The average molecular weight is 610 g/mol. The molecule has 0 aromatic heterocycles. The quantitative estimate of drug-likeness (QED) is 0.212. The molecule has 1 heterocycles. The molecule has 4 aromatic rings. The van der Waals surface area contributed by atoms with Gasteiger partial charge in [-0.3, -0.25) is 9.10 Å². The first-order chi connectivity index (χ1) is 19.6. The molecular weight excluding hydrogens is 583 g/mol. The van der Waals surface area contributed by atoms with Gasteiger partial charge in [-0.15, -0.1) is 0 Å². The zero-order valence-corrected chi connectivity index (χ0v) is 24.4. The molecule has 0 saturated heterocycles. The second-order valence-electron chi connectivity index (χ2n) is 9.64. The van der Waals surface area contributed by atoms with Gasteiger partial charge >= 0.3 is 5.97 Å². The molecule has 0 unspecified atom stereocenters. The van der Waals surface area contributed by atoms with Gasteiger partial charge in [0.15, 0.2) is 6.61 Å². The van der Waals surface area contributed by atoms with Crippen molar-refractivity contribution in [2.24, 2.45) is 0 Å². The van der Waals surface area contributed by atoms with E-state index < -0.39 is 22.6 Å². The first-order valence-corrected chi connectivity index (χ1v) is 15.0. The van der Waals surface area contributed by atoms with Crippen molar-refractivity contribution in [1.29, 1.82) is 0 Å². The molecule has 0 spiro atoms. The van der Waals surface area contributed by atoms with E-state index in [1.54, 1.807) is 29.2 Å². The van der Waals surface area contributed by atoms with Crippen molar-refractivity contribution in [2.45, 2.75) is 30.8 Å². The number of rotatable bonds is 8. The number of fused-ring (bicyclic) bond motifs is 1. The zero-order valence-electron chi connectivity index (χ0n) is 22.0. The van der Waals surface area contributed by atoms with E-state index in [9.17, 15) is 18.0 Å². The molecule has 5 rings (SSSR count). The number of halogens is 2. The Balaban J connectivity index is 1.39. The van der Waals surface area contributed by atoms with Crippen LogP contribution in [0.3, 0.4) is 0 Å². The number of para-hydroxylation sites is 1. The number of anilines is 2. The van der Waals surface area contributed by atoms with Crippen molar-refractivity contribution in [3.05, 3.63) is 124 Å². The van der Waals surface area contributed by atoms with Crippen LogP contribution < -0.4 is 9.21 Å². The Bertz CT molecular complexity index is 1700. The van der Waals surface area contributed by atoms with Crippen molar-refractivity contribution in [3.8, 4) is 0 Å². The highest BCUT2D eigenvalue weighted by molar-refractivity contribution is 7.93. The molecule has 1 aliphatic rings. The number of sulfonamides is 1. The summed E-state index contributed by atoms with van der Waals surface area (Å²) in [7, 11) is -4.26. The van der Waals surface area contributed by atoms with E-state index in [0.29, 0.717) is 17.1 Å². The Kier molecular flexibility index (Phi) is 8.35. The van der Waals surface area contributed by atoms with Crippen molar-refractivity contribution in [2.75, 3.05) is 15.8 Å². The van der Waals surface area contributed by atoms with Gasteiger partial charge in [0, 0.05) is 16.8 Å². The summed E-state index contributed by atoms with van der Waals surface area (Å²) in [5.41, 5.74) is 2.91. The van der Waals surface area contributed by atoms with E-state index >= 15 is 0 Å². The number of hydrogen-bond acceptors (Lipinski definition) is 5. The third-order valence-corrected chi connectivity index (χ3v) is 9.33. The normalized spacial score (nSPS) is 14.4. The van der Waals surface area contributed by atoms with E-state index in [1.807, 2.05) is 61.5 Å². The molecule has 0 bridgehead atoms. The molecule has 1 atom stereocenters. The Hall–Kier alpha value is -3.85. The zero-order chi connectivity index (χ0) is 29.1. The first-order valence-electron chi connectivity index (χ1n) is 12.8. The highest BCUT2D eigenvalue weighted by Crippen LogP contribution is 2.33. The van der Waals surface area contributed by atoms with Crippen LogP contribution >= 0.6 is 23.2 Å². The van der Waals surface area contributed by atoms with Gasteiger partial charge in [0.1, 0.15) is 4.90 Å². The van der Waals surface area contributed by atoms with Gasteiger partial charge in [-0.05, 0) is 73.0 Å². The Morgan fingerprint density at radius 1 is 0.927 bits per heavy atom. The van der Waals surface area contributed by atoms with Crippen LogP contribution in [0, 0.1) is 0 Å². The topological polar surface area (TPSA) is 84.0 Å². The molecule has 4 aromatic carbocycles. The molecular formula is C31H26Cl2N2O5S. The molecule has 41 heavy (non-hydrogen) atoms. The number of ether oxygens (including phenoxy) is 1. The van der Waals surface area contributed by atoms with Crippen LogP contribution in [0.4, 0.5) is 11.4 Å². The van der Waals surface area contributed by atoms with Crippen LogP contribution in [0.2, 0.25) is 10.0 Å². The van der Waals surface area contributed by atoms with Gasteiger partial charge in [0.25, 0.3) is 15.9 Å². The van der Waals surface area contributed by atoms with E-state index in [2.05, 4.69) is 0 Å². The summed E-state index contributed by atoms with van der Waals surface area (Å²) < 4.78 is 34.5. The lowest BCUT2D eigenvalue weighted by Gasteiger charge is -2.25. The number of esters is 1. The average Bonchev–Trinajstić information content (AvgIpc) is 3.31. The van der Waals surface area contributed by atoms with Crippen LogP contribution in [-0.4, -0.2) is 32.9 Å². The number of carbonyl (C=O) groups is 2. The standard InChI is InChI=1S/C31H26Cl2N2O5S/c1-21-17-23-9-5-6-10-28(23)35(21)30(36)20-40-31(37)24-11-16-27(33)29(18-24)41(38,39)34(19-22-7-3-2-4-8-22)26-14-12-25(32)13-15-26/h2-16,18,21H,17,19-20H2,1H3/t21-/m0/s1. The van der Waals surface area contributed by atoms with Crippen LogP contribution in [-0.2, 0) is 32.5 Å². The van der Waals surface area contributed by atoms with E-state index in [-0.39, 0.29) is 34.0 Å². The van der Waals surface area contributed by atoms with Crippen LogP contribution in [0.5, 0.6) is 0 Å². The minimum absolute atomic E-state index is 0.0137. The van der Waals surface area contributed by atoms with Gasteiger partial charge < -0.3 is 9.64 Å². The predicted octanol–water partition coefficient (Wildman–Crippen LogP) is 6.52. The van der Waals surface area contributed by atoms with Crippen LogP contribution in [0.15, 0.2) is 102 Å². The summed E-state index contributed by atoms with van der Waals surface area (Å²) in [5.74, 6) is -1.21. The molecule has 0 radical (unpaired) electrons. The van der Waals surface area contributed by atoms with Crippen LogP contribution in [0.25, 0.3) is 0 Å². The highest BCUT2D eigenvalue weighted by Gasteiger charge is 2.32. The summed E-state index contributed by atoms with van der Waals surface area (Å²) in [6, 6.07) is 26.8. The lowest BCUT2D eigenvalue weighted by molar-refractivity contribution is -0.122. The van der Waals surface area contributed by atoms with Crippen LogP contribution in [0.1, 0.15) is 28.4 Å². The number of benzene rings is 4. The molecule has 10 heteroatoms. The molecule has 0 saturated carbocycles. The number of amides is 1. The molecule has 1 aliphatic heterocycles. The SMILES string of the molecule is C[C@H]1Cc2ccccc2N1C(=O)COC(=O)c1ccc(Cl)c(S(=O)(=O)N(Cc2ccccc2)c2ccc(Cl)cc2)c1. The summed E-state index contributed by atoms with van der Waals surface area (Å²) >= 11 is 12.4. The van der Waals surface area contributed by atoms with E-state index in [4.69, 9.17) is 27.9 Å². The summed E-state index contributed by atoms with van der Waals surface area (Å²) in [4.78, 5) is 27.3. The van der Waals surface area contributed by atoms with Gasteiger partial charge in [-0.2, -0.15) is 0 Å². The van der Waals surface area contributed by atoms with Crippen molar-refractivity contribution in [1.82, 2.24) is 0 Å². The monoisotopic (exact) mass is 608 g/mol. The van der Waals surface area contributed by atoms with E-state index in [1.165, 1.54) is 22.5 Å². The van der Waals surface area contributed by atoms with Gasteiger partial charge in [0.05, 0.1) is 22.8 Å². The summed E-state index contributed by atoms with van der Waals surface area (Å²) in [6.07, 6.45) is 0.710. The largest absolute Gasteiger partial charge is 0.452 e. The molecule has 0 fully saturated rings. The fraction of sp³-hybridized carbons (Fsp3) is 0.161. The Morgan fingerprint density at radius 3 is 2.34 bits per heavy atom. The molecule has 1 amide bonds. The van der Waals surface area contributed by atoms with Gasteiger partial charge in [-0.25, -0.2) is 13.2 Å². The maximum Gasteiger partial charge on any atom is 0.338 e. The van der Waals surface area contributed by atoms with Gasteiger partial charge in [-0.1, -0.05) is 71.7 Å². The fourth-order valence-corrected chi connectivity index (χ4v) is 6.93. The fourth-order valence-electron chi connectivity index (χ4n) is 4.84. The second kappa shape index (κ2) is 11.9. The maximum absolute atomic E-state index is 14.0. The number of carbonyl (C=O) groups excluding carboxylic acids is 2. The third-order valence-electron chi connectivity index (χ3n) is 6.82. The van der Waals surface area contributed by atoms with Crippen molar-refractivity contribution >= 4 is 56.5 Å². The lowest BCUT2D eigenvalue weighted by Crippen LogP contribution is -2.38. The minimum atomic E-state index is -4.26. The number of hydrogen-bond donors (Lipinski definition) is 0. The Labute approximate surface area is 248 Å². The lowest BCUT2D eigenvalue weighted by atomic mass is 10.1. The van der Waals surface area contributed by atoms with Crippen molar-refractivity contribution in [3.63, 3.8) is 0 Å². The molecule has 0 aliphatic carbocycles. The first kappa shape index (κ1) is 28.7. The molecule has 210 valence electrons. The second-order valence-corrected chi connectivity index (χ2v) is 12.3. The van der Waals surface area contributed by atoms with Crippen molar-refractivity contribution < 1.29 is 22.7 Å². The molecule has 0 N–H and O–H groups in total. The smallest absolute Gasteiger partial charge is 0.338 e. The predicted molar refractivity (Wildman–Crippen MR) is 160 cm³/mol. The summed E-state index contributed by atoms with van der Waals surface area (Å²) in [6.45, 7) is 1.45. The number of nitrogens with zero attached hydrogens (tertiary/aromatic N) is 2. The third kappa shape index (κ3) is 6.10. The summed E-state index contributed by atoms with van der Waals surface area (Å²) in [5, 5.41) is 0.391. The Morgan fingerprint density at radius 2 is 1.61 bits per heavy atom. The minimum Gasteiger partial charge on any atom is -0.452 e. The maximum atomic E-state index is 14.0.